The van der Waals surface area contributed by atoms with Crippen LogP contribution in [0.1, 0.15) is 74.1 Å². The van der Waals surface area contributed by atoms with Gasteiger partial charge in [-0.3, -0.25) is 13.9 Å². The number of nitrogens with zero attached hydrogens (tertiary/aromatic N) is 2. The first-order valence-electron chi connectivity index (χ1n) is 16.7. The van der Waals surface area contributed by atoms with Crippen LogP contribution in [-0.4, -0.2) is 75.0 Å². The summed E-state index contributed by atoms with van der Waals surface area (Å²) in [6.45, 7) is 27.0. The molecule has 13 heteroatoms. The first-order chi connectivity index (χ1) is 21.9. The van der Waals surface area contributed by atoms with E-state index in [9.17, 15) is 14.4 Å². The number of carbonyl (C=O) groups is 1. The minimum Gasteiger partial charge on any atom is -0.497 e. The van der Waals surface area contributed by atoms with Gasteiger partial charge in [0.1, 0.15) is 35.8 Å². The van der Waals surface area contributed by atoms with Gasteiger partial charge in [0.25, 0.3) is 5.56 Å². The Bertz CT molecular complexity index is 1580. The van der Waals surface area contributed by atoms with Crippen LogP contribution in [0.4, 0.5) is 0 Å². The number of methoxy groups -OCH3 is 1. The van der Waals surface area contributed by atoms with Gasteiger partial charge in [0.15, 0.2) is 29.0 Å². The zero-order valence-electron chi connectivity index (χ0n) is 31.2. The van der Waals surface area contributed by atoms with E-state index in [1.807, 2.05) is 32.9 Å². The topological polar surface area (TPSA) is 120 Å². The van der Waals surface area contributed by atoms with E-state index < -0.39 is 76.2 Å². The van der Waals surface area contributed by atoms with Crippen LogP contribution >= 0.6 is 0 Å². The average molecular weight is 705 g/mol. The molecule has 0 spiro atoms. The molecule has 268 valence electrons. The summed E-state index contributed by atoms with van der Waals surface area (Å²) in [6, 6.07) is 8.58. The van der Waals surface area contributed by atoms with E-state index in [1.54, 1.807) is 19.2 Å². The van der Waals surface area contributed by atoms with Gasteiger partial charge in [-0.25, -0.2) is 9.59 Å². The van der Waals surface area contributed by atoms with Crippen molar-refractivity contribution in [1.82, 2.24) is 9.13 Å². The van der Waals surface area contributed by atoms with E-state index in [1.165, 1.54) is 21.4 Å². The fourth-order valence-electron chi connectivity index (χ4n) is 5.15. The lowest BCUT2D eigenvalue weighted by Gasteiger charge is -2.44. The maximum atomic E-state index is 14.2. The lowest BCUT2D eigenvalue weighted by atomic mass is 10.1. The lowest BCUT2D eigenvalue weighted by molar-refractivity contribution is -0.156. The molecule has 1 aromatic carbocycles. The number of epoxide rings is 1. The number of rotatable bonds is 10. The van der Waals surface area contributed by atoms with Crippen molar-refractivity contribution in [1.29, 1.82) is 0 Å². The second-order valence-corrected chi connectivity index (χ2v) is 26.5. The molecule has 2 unspecified atom stereocenters. The summed E-state index contributed by atoms with van der Waals surface area (Å²) < 4.78 is 40.5. The Balaban J connectivity index is 1.83. The van der Waals surface area contributed by atoms with Crippen LogP contribution in [-0.2, 0) is 34.4 Å². The van der Waals surface area contributed by atoms with Crippen molar-refractivity contribution in [2.24, 2.45) is 0 Å². The molecule has 4 rings (SSSR count). The number of esters is 1. The molecule has 0 bridgehead atoms. The molecule has 0 radical (unpaired) electrons. The highest BCUT2D eigenvalue weighted by molar-refractivity contribution is 6.74. The molecule has 48 heavy (non-hydrogen) atoms. The Hall–Kier alpha value is -2.56. The lowest BCUT2D eigenvalue weighted by Crippen LogP contribution is -2.55. The molecule has 2 aliphatic rings. The first-order valence-corrected chi connectivity index (χ1v) is 22.5. The van der Waals surface area contributed by atoms with E-state index in [0.29, 0.717) is 5.75 Å². The van der Waals surface area contributed by atoms with E-state index in [-0.39, 0.29) is 16.6 Å². The monoisotopic (exact) mass is 704 g/mol. The minimum absolute atomic E-state index is 0.0583. The van der Waals surface area contributed by atoms with Gasteiger partial charge in [-0.2, -0.15) is 0 Å². The van der Waals surface area contributed by atoms with Crippen molar-refractivity contribution in [3.63, 3.8) is 0 Å². The largest absolute Gasteiger partial charge is 0.497 e. The molecule has 0 N–H and O–H groups in total. The molecule has 2 fully saturated rings. The van der Waals surface area contributed by atoms with Crippen molar-refractivity contribution >= 4 is 22.6 Å². The number of hydrogen-bond acceptors (Lipinski definition) is 9. The van der Waals surface area contributed by atoms with Crippen molar-refractivity contribution in [2.75, 3.05) is 7.11 Å². The van der Waals surface area contributed by atoms with Crippen LogP contribution in [0.2, 0.25) is 36.3 Å². The van der Waals surface area contributed by atoms with E-state index in [2.05, 4.69) is 67.7 Å². The van der Waals surface area contributed by atoms with Gasteiger partial charge in [0.2, 0.25) is 0 Å². The zero-order chi connectivity index (χ0) is 36.2. The highest BCUT2D eigenvalue weighted by Gasteiger charge is 2.63. The summed E-state index contributed by atoms with van der Waals surface area (Å²) in [4.78, 5) is 40.5. The second kappa shape index (κ2) is 13.3. The number of benzene rings is 1. The van der Waals surface area contributed by atoms with Gasteiger partial charge in [0.05, 0.1) is 13.7 Å². The molecule has 11 nitrogen and oxygen atoms in total. The van der Waals surface area contributed by atoms with E-state index in [4.69, 9.17) is 27.8 Å². The summed E-state index contributed by atoms with van der Waals surface area (Å²) in [6.07, 6.45) is -3.15. The molecule has 6 atom stereocenters. The van der Waals surface area contributed by atoms with Gasteiger partial charge in [0, 0.05) is 12.3 Å². The standard InChI is InChI=1S/C35H56N2O9Si2/c1-33(2,3)44-31(39)29-26(42-29)25-27(45-47(11,12)34(4,5)6)28(46-48(13,14)35(7,8)9)30(43-25)36-20-19-24(38)37(32(36)40)21-22-15-17-23(41-10)18-16-22/h15-20,25-30H,21H2,1-14H3/t25-,26?,27-,28-,29?,30-/m1/s1. The number of hydrogen-bond donors (Lipinski definition) is 0. The van der Waals surface area contributed by atoms with Crippen LogP contribution in [0.25, 0.3) is 0 Å². The third-order valence-electron chi connectivity index (χ3n) is 10.1. The number of aromatic nitrogens is 2. The Kier molecular flexibility index (Phi) is 10.6. The first kappa shape index (κ1) is 38.2. The second-order valence-electron chi connectivity index (χ2n) is 17.0. The van der Waals surface area contributed by atoms with Crippen molar-refractivity contribution in [2.45, 2.75) is 147 Å². The molecule has 0 saturated carbocycles. The minimum atomic E-state index is -2.51. The number of ether oxygens (including phenoxy) is 4. The van der Waals surface area contributed by atoms with Gasteiger partial charge < -0.3 is 27.8 Å². The summed E-state index contributed by atoms with van der Waals surface area (Å²) >= 11 is 0. The smallest absolute Gasteiger partial charge is 0.338 e. The highest BCUT2D eigenvalue weighted by Crippen LogP contribution is 2.48. The predicted octanol–water partition coefficient (Wildman–Crippen LogP) is 5.85. The number of carbonyl (C=O) groups excluding carboxylic acids is 1. The molecule has 2 aliphatic heterocycles. The van der Waals surface area contributed by atoms with Crippen LogP contribution in [0.15, 0.2) is 46.1 Å². The van der Waals surface area contributed by atoms with Gasteiger partial charge in [-0.1, -0.05) is 53.7 Å². The van der Waals surface area contributed by atoms with Crippen LogP contribution in [0.3, 0.4) is 0 Å². The summed E-state index contributed by atoms with van der Waals surface area (Å²) in [5.41, 5.74) is -0.909. The summed E-state index contributed by atoms with van der Waals surface area (Å²) in [5, 5.41) is -0.334. The maximum absolute atomic E-state index is 14.2. The van der Waals surface area contributed by atoms with Crippen molar-refractivity contribution in [3.05, 3.63) is 62.9 Å². The van der Waals surface area contributed by atoms with Crippen LogP contribution < -0.4 is 16.0 Å². The molecular formula is C35H56N2O9Si2. The fraction of sp³-hybridized carbons (Fsp3) is 0.686. The molecule has 1 aromatic heterocycles. The van der Waals surface area contributed by atoms with E-state index >= 15 is 0 Å². The van der Waals surface area contributed by atoms with Gasteiger partial charge in [-0.05, 0) is 74.7 Å². The van der Waals surface area contributed by atoms with Crippen molar-refractivity contribution < 1.29 is 32.6 Å². The quantitative estimate of drug-likeness (QED) is 0.170. The molecule has 3 heterocycles. The molecular weight excluding hydrogens is 649 g/mol. The Morgan fingerprint density at radius 3 is 1.83 bits per heavy atom. The zero-order valence-corrected chi connectivity index (χ0v) is 33.2. The normalized spacial score (nSPS) is 25.2. The maximum Gasteiger partial charge on any atom is 0.338 e. The molecule has 2 saturated heterocycles. The summed E-state index contributed by atoms with van der Waals surface area (Å²) in [5.74, 6) is 0.199. The van der Waals surface area contributed by atoms with E-state index in [0.717, 1.165) is 5.56 Å². The summed E-state index contributed by atoms with van der Waals surface area (Å²) in [7, 11) is -3.40. The van der Waals surface area contributed by atoms with Gasteiger partial charge in [-0.15, -0.1) is 0 Å². The Labute approximate surface area is 287 Å². The Morgan fingerprint density at radius 2 is 1.33 bits per heavy atom. The fourth-order valence-corrected chi connectivity index (χ4v) is 7.74. The van der Waals surface area contributed by atoms with Crippen LogP contribution in [0, 0.1) is 0 Å². The SMILES string of the molecule is COc1ccc(Cn2c(=O)ccn([C@@H]3O[C@H](C4OC4C(=O)OC(C)(C)C)[C@@H](O[Si](C)(C)C(C)(C)C)[C@H]3O[Si](C)(C)C(C)(C)C)c2=O)cc1. The van der Waals surface area contributed by atoms with Gasteiger partial charge >= 0.3 is 11.7 Å². The average Bonchev–Trinajstić information content (AvgIpc) is 3.67. The highest BCUT2D eigenvalue weighted by atomic mass is 28.4. The Morgan fingerprint density at radius 1 is 0.792 bits per heavy atom. The molecule has 2 aromatic rings. The molecule has 0 amide bonds. The predicted molar refractivity (Wildman–Crippen MR) is 190 cm³/mol. The molecule has 0 aliphatic carbocycles. The third-order valence-corrected chi connectivity index (χ3v) is 19.0. The van der Waals surface area contributed by atoms with Crippen molar-refractivity contribution in [3.8, 4) is 5.75 Å². The third kappa shape index (κ3) is 8.24. The van der Waals surface area contributed by atoms with Crippen LogP contribution in [0.5, 0.6) is 5.75 Å².